The summed E-state index contributed by atoms with van der Waals surface area (Å²) in [5.41, 5.74) is 1.63. The number of rotatable bonds is 4. The topological polar surface area (TPSA) is 95.1 Å². The molecule has 0 aliphatic carbocycles. The number of imide groups is 1. The van der Waals surface area contributed by atoms with Crippen molar-refractivity contribution in [1.29, 1.82) is 0 Å². The van der Waals surface area contributed by atoms with Gasteiger partial charge in [0.2, 0.25) is 5.91 Å². The molecule has 0 saturated carbocycles. The molecule has 0 spiro atoms. The van der Waals surface area contributed by atoms with Crippen LogP contribution < -0.4 is 4.90 Å². The molecule has 3 rings (SSSR count). The van der Waals surface area contributed by atoms with Crippen LogP contribution in [0.25, 0.3) is 0 Å². The Morgan fingerprint density at radius 1 is 1.22 bits per heavy atom. The molecule has 2 fully saturated rings. The van der Waals surface area contributed by atoms with Gasteiger partial charge in [0.25, 0.3) is 5.91 Å². The molecule has 27 heavy (non-hydrogen) atoms. The average molecular weight is 393 g/mol. The van der Waals surface area contributed by atoms with E-state index in [1.54, 1.807) is 19.1 Å². The van der Waals surface area contributed by atoms with Gasteiger partial charge in [-0.15, -0.1) is 0 Å². The highest BCUT2D eigenvalue weighted by atomic mass is 32.2. The first-order chi connectivity index (χ1) is 12.6. The third-order valence-corrected chi connectivity index (χ3v) is 6.95. The van der Waals surface area contributed by atoms with E-state index in [2.05, 4.69) is 0 Å². The number of sulfone groups is 1. The summed E-state index contributed by atoms with van der Waals surface area (Å²) < 4.78 is 23.2. The number of aryl methyl sites for hydroxylation is 1. The maximum atomic E-state index is 12.8. The molecule has 1 aromatic carbocycles. The van der Waals surface area contributed by atoms with E-state index in [-0.39, 0.29) is 11.5 Å². The van der Waals surface area contributed by atoms with Gasteiger partial charge in [-0.05, 0) is 32.4 Å². The van der Waals surface area contributed by atoms with Crippen LogP contribution in [-0.4, -0.2) is 73.2 Å². The SMILES string of the molecule is Cc1ccc(N2C(=O)N(CC(=O)N(C)[C@@H]3CCS(=O)(=O)C3)C(=O)[C@H]2C)cc1. The molecule has 0 bridgehead atoms. The Morgan fingerprint density at radius 2 is 1.85 bits per heavy atom. The monoisotopic (exact) mass is 393 g/mol. The fourth-order valence-electron chi connectivity index (χ4n) is 3.44. The average Bonchev–Trinajstić information content (AvgIpc) is 3.08. The summed E-state index contributed by atoms with van der Waals surface area (Å²) in [6.07, 6.45) is 0.373. The van der Waals surface area contributed by atoms with Gasteiger partial charge in [0.1, 0.15) is 12.6 Å². The van der Waals surface area contributed by atoms with Crippen molar-refractivity contribution in [2.45, 2.75) is 32.4 Å². The van der Waals surface area contributed by atoms with Gasteiger partial charge in [0, 0.05) is 18.8 Å². The molecule has 0 radical (unpaired) electrons. The Bertz CT molecular complexity index is 881. The van der Waals surface area contributed by atoms with Crippen molar-refractivity contribution in [3.8, 4) is 0 Å². The van der Waals surface area contributed by atoms with Gasteiger partial charge in [-0.25, -0.2) is 13.2 Å². The highest BCUT2D eigenvalue weighted by Crippen LogP contribution is 2.26. The third-order valence-electron chi connectivity index (χ3n) is 5.20. The first-order valence-electron chi connectivity index (χ1n) is 8.78. The number of urea groups is 1. The number of carbonyl (C=O) groups excluding carboxylic acids is 3. The molecule has 0 N–H and O–H groups in total. The molecule has 2 saturated heterocycles. The van der Waals surface area contributed by atoms with Crippen molar-refractivity contribution < 1.29 is 22.8 Å². The third kappa shape index (κ3) is 3.69. The summed E-state index contributed by atoms with van der Waals surface area (Å²) >= 11 is 0. The molecule has 2 aliphatic heterocycles. The summed E-state index contributed by atoms with van der Waals surface area (Å²) in [5.74, 6) is -0.920. The van der Waals surface area contributed by atoms with E-state index in [1.165, 1.54) is 16.8 Å². The number of likely N-dealkylation sites (N-methyl/N-ethyl adjacent to an activating group) is 1. The van der Waals surface area contributed by atoms with Gasteiger partial charge in [-0.2, -0.15) is 0 Å². The zero-order valence-corrected chi connectivity index (χ0v) is 16.4. The predicted molar refractivity (Wildman–Crippen MR) is 100 cm³/mol. The number of carbonyl (C=O) groups is 3. The van der Waals surface area contributed by atoms with Crippen LogP contribution in [0.1, 0.15) is 18.9 Å². The van der Waals surface area contributed by atoms with Gasteiger partial charge in [-0.3, -0.25) is 19.4 Å². The van der Waals surface area contributed by atoms with E-state index in [9.17, 15) is 22.8 Å². The van der Waals surface area contributed by atoms with Crippen LogP contribution in [0.2, 0.25) is 0 Å². The Hall–Kier alpha value is -2.42. The minimum atomic E-state index is -3.13. The van der Waals surface area contributed by atoms with Crippen LogP contribution in [0, 0.1) is 6.92 Å². The highest BCUT2D eigenvalue weighted by Gasteiger charge is 2.45. The van der Waals surface area contributed by atoms with Crippen molar-refractivity contribution in [3.05, 3.63) is 29.8 Å². The number of anilines is 1. The van der Waals surface area contributed by atoms with Crippen molar-refractivity contribution >= 4 is 33.4 Å². The Morgan fingerprint density at radius 3 is 2.41 bits per heavy atom. The first-order valence-corrected chi connectivity index (χ1v) is 10.6. The maximum Gasteiger partial charge on any atom is 0.332 e. The van der Waals surface area contributed by atoms with Crippen LogP contribution in [0.5, 0.6) is 0 Å². The maximum absolute atomic E-state index is 12.8. The normalized spacial score (nSPS) is 24.6. The first kappa shape index (κ1) is 19.3. The summed E-state index contributed by atoms with van der Waals surface area (Å²) in [6.45, 7) is 3.16. The van der Waals surface area contributed by atoms with Crippen LogP contribution in [-0.2, 0) is 19.4 Å². The predicted octanol–water partition coefficient (Wildman–Crippen LogP) is 0.798. The quantitative estimate of drug-likeness (QED) is 0.705. The van der Waals surface area contributed by atoms with Gasteiger partial charge < -0.3 is 4.90 Å². The molecule has 9 heteroatoms. The molecule has 1 aromatic rings. The number of nitrogens with zero attached hydrogens (tertiary/aromatic N) is 3. The van der Waals surface area contributed by atoms with Crippen molar-refractivity contribution in [2.75, 3.05) is 30.0 Å². The Kier molecular flexibility index (Phi) is 4.98. The van der Waals surface area contributed by atoms with E-state index in [4.69, 9.17) is 0 Å². The Labute approximate surface area is 158 Å². The molecular weight excluding hydrogens is 370 g/mol. The molecule has 2 heterocycles. The van der Waals surface area contributed by atoms with Crippen LogP contribution in [0.3, 0.4) is 0 Å². The number of hydrogen-bond acceptors (Lipinski definition) is 5. The van der Waals surface area contributed by atoms with E-state index in [0.717, 1.165) is 10.5 Å². The standard InChI is InChI=1S/C18H23N3O5S/c1-12-4-6-14(7-5-12)21-13(2)17(23)20(18(21)24)10-16(22)19(3)15-8-9-27(25,26)11-15/h4-7,13,15H,8-11H2,1-3H3/t13-,15-/m1/s1. The van der Waals surface area contributed by atoms with Gasteiger partial charge in [-0.1, -0.05) is 17.7 Å². The second-order valence-corrected chi connectivity index (χ2v) is 9.38. The molecule has 0 aromatic heterocycles. The smallest absolute Gasteiger partial charge is 0.332 e. The molecular formula is C18H23N3O5S. The fourth-order valence-corrected chi connectivity index (χ4v) is 5.22. The molecule has 2 atom stereocenters. The molecule has 146 valence electrons. The fraction of sp³-hybridized carbons (Fsp3) is 0.500. The second-order valence-electron chi connectivity index (χ2n) is 7.15. The van der Waals surface area contributed by atoms with E-state index in [0.29, 0.717) is 12.1 Å². The van der Waals surface area contributed by atoms with Crippen molar-refractivity contribution in [2.24, 2.45) is 0 Å². The lowest BCUT2D eigenvalue weighted by Crippen LogP contribution is -2.46. The molecule has 8 nitrogen and oxygen atoms in total. The van der Waals surface area contributed by atoms with Crippen LogP contribution >= 0.6 is 0 Å². The largest absolute Gasteiger partial charge is 0.340 e. The van der Waals surface area contributed by atoms with Crippen molar-refractivity contribution in [1.82, 2.24) is 9.80 Å². The summed E-state index contributed by atoms with van der Waals surface area (Å²) in [4.78, 5) is 41.5. The highest BCUT2D eigenvalue weighted by molar-refractivity contribution is 7.91. The van der Waals surface area contributed by atoms with Gasteiger partial charge in [0.05, 0.1) is 11.5 Å². The van der Waals surface area contributed by atoms with Crippen LogP contribution in [0.4, 0.5) is 10.5 Å². The molecule has 4 amide bonds. The number of amides is 4. The summed E-state index contributed by atoms with van der Waals surface area (Å²) in [5, 5.41) is 0. The second kappa shape index (κ2) is 6.95. The van der Waals surface area contributed by atoms with Gasteiger partial charge >= 0.3 is 6.03 Å². The zero-order chi connectivity index (χ0) is 19.9. The van der Waals surface area contributed by atoms with E-state index < -0.39 is 46.3 Å². The summed E-state index contributed by atoms with van der Waals surface area (Å²) in [7, 11) is -1.62. The van der Waals surface area contributed by atoms with Crippen LogP contribution in [0.15, 0.2) is 24.3 Å². The lowest BCUT2D eigenvalue weighted by atomic mass is 10.2. The van der Waals surface area contributed by atoms with E-state index in [1.807, 2.05) is 19.1 Å². The molecule has 2 aliphatic rings. The van der Waals surface area contributed by atoms with E-state index >= 15 is 0 Å². The summed E-state index contributed by atoms with van der Waals surface area (Å²) in [6, 6.07) is 5.56. The van der Waals surface area contributed by atoms with Gasteiger partial charge in [0.15, 0.2) is 9.84 Å². The lowest BCUT2D eigenvalue weighted by Gasteiger charge is -2.25. The minimum Gasteiger partial charge on any atom is -0.340 e. The number of hydrogen-bond donors (Lipinski definition) is 0. The zero-order valence-electron chi connectivity index (χ0n) is 15.6. The Balaban J connectivity index is 1.73. The molecule has 0 unspecified atom stereocenters. The lowest BCUT2D eigenvalue weighted by molar-refractivity contribution is -0.137. The minimum absolute atomic E-state index is 0.0507. The van der Waals surface area contributed by atoms with Crippen molar-refractivity contribution in [3.63, 3.8) is 0 Å². The number of benzene rings is 1.